The number of aliphatic hydroxyl groups is 1. The number of nitrogens with two attached hydrogens (primary N) is 1. The van der Waals surface area contributed by atoms with E-state index in [0.29, 0.717) is 5.56 Å². The molecule has 0 bridgehead atoms. The molecule has 9 heteroatoms. The molecule has 0 saturated carbocycles. The zero-order valence-corrected chi connectivity index (χ0v) is 14.9. The Bertz CT molecular complexity index is 1060. The molecule has 0 fully saturated rings. The van der Waals surface area contributed by atoms with E-state index in [2.05, 4.69) is 0 Å². The van der Waals surface area contributed by atoms with Crippen molar-refractivity contribution in [3.05, 3.63) is 71.2 Å². The number of rotatable bonds is 4. The van der Waals surface area contributed by atoms with Gasteiger partial charge in [-0.2, -0.15) is 0 Å². The smallest absolute Gasteiger partial charge is 0.294 e. The number of anilines is 1. The molecule has 0 radical (unpaired) electrons. The highest BCUT2D eigenvalue weighted by Crippen LogP contribution is 2.41. The monoisotopic (exact) mass is 390 g/mol. The summed E-state index contributed by atoms with van der Waals surface area (Å²) in [5.74, 6) is -2.53. The first kappa shape index (κ1) is 18.7. The molecule has 27 heavy (non-hydrogen) atoms. The van der Waals surface area contributed by atoms with Crippen LogP contribution in [-0.4, -0.2) is 25.2 Å². The summed E-state index contributed by atoms with van der Waals surface area (Å²) in [7, 11) is -3.92. The second kappa shape index (κ2) is 6.60. The molecule has 0 spiro atoms. The lowest BCUT2D eigenvalue weighted by molar-refractivity contribution is -0.117. The summed E-state index contributed by atoms with van der Waals surface area (Å²) >= 11 is 0. The van der Waals surface area contributed by atoms with E-state index < -0.39 is 39.3 Å². The van der Waals surface area contributed by atoms with E-state index in [1.807, 2.05) is 0 Å². The van der Waals surface area contributed by atoms with Crippen LogP contribution in [-0.2, 0) is 19.6 Å². The predicted molar refractivity (Wildman–Crippen MR) is 94.8 cm³/mol. The maximum Gasteiger partial charge on any atom is 0.294 e. The zero-order valence-electron chi connectivity index (χ0n) is 14.1. The number of ketones is 1. The molecule has 3 N–H and O–H groups in total. The Morgan fingerprint density at radius 3 is 2.15 bits per heavy atom. The number of hydrogen-bond donors (Lipinski definition) is 2. The fourth-order valence-electron chi connectivity index (χ4n) is 2.99. The van der Waals surface area contributed by atoms with E-state index in [0.717, 1.165) is 4.90 Å². The van der Waals surface area contributed by atoms with Crippen LogP contribution in [0.15, 0.2) is 64.8 Å². The highest BCUT2D eigenvalue weighted by Gasteiger charge is 2.43. The van der Waals surface area contributed by atoms with Crippen molar-refractivity contribution in [1.29, 1.82) is 0 Å². The van der Waals surface area contributed by atoms with Gasteiger partial charge in [0.25, 0.3) is 5.91 Å². The minimum Gasteiger partial charge on any atom is -0.503 e. The number of amides is 1. The Morgan fingerprint density at radius 1 is 1.11 bits per heavy atom. The lowest BCUT2D eigenvalue weighted by Crippen LogP contribution is -2.30. The first-order valence-corrected chi connectivity index (χ1v) is 9.32. The maximum atomic E-state index is 13.3. The fourth-order valence-corrected chi connectivity index (χ4v) is 3.50. The standard InChI is InChI=1S/C18H15FN2O5S/c1-10(22)15-16(11-2-4-12(19)5-3-11)21(18(24)17(15)23)13-6-8-14(9-7-13)27(20,25)26/h2-9,16,23H,1H3,(H2,20,25,26). The zero-order chi connectivity index (χ0) is 19.9. The summed E-state index contributed by atoms with van der Waals surface area (Å²) in [5.41, 5.74) is 0.529. The Kier molecular flexibility index (Phi) is 4.58. The van der Waals surface area contributed by atoms with Gasteiger partial charge in [0.05, 0.1) is 16.5 Å². The average Bonchev–Trinajstić information content (AvgIpc) is 2.86. The van der Waals surface area contributed by atoms with E-state index >= 15 is 0 Å². The molecule has 1 amide bonds. The van der Waals surface area contributed by atoms with Gasteiger partial charge in [-0.1, -0.05) is 12.1 Å². The molecule has 1 atom stereocenters. The van der Waals surface area contributed by atoms with Crippen molar-refractivity contribution in [3.63, 3.8) is 0 Å². The van der Waals surface area contributed by atoms with Crippen LogP contribution in [0.4, 0.5) is 10.1 Å². The fraction of sp³-hybridized carbons (Fsp3) is 0.111. The SMILES string of the molecule is CC(=O)C1=C(O)C(=O)N(c2ccc(S(N)(=O)=O)cc2)C1c1ccc(F)cc1. The number of halogens is 1. The third-order valence-corrected chi connectivity index (χ3v) is 5.15. The van der Waals surface area contributed by atoms with Gasteiger partial charge >= 0.3 is 0 Å². The summed E-state index contributed by atoms with van der Waals surface area (Å²) in [4.78, 5) is 25.6. The topological polar surface area (TPSA) is 118 Å². The number of hydrogen-bond acceptors (Lipinski definition) is 5. The van der Waals surface area contributed by atoms with Gasteiger partial charge in [-0.3, -0.25) is 14.5 Å². The van der Waals surface area contributed by atoms with Gasteiger partial charge in [-0.25, -0.2) is 17.9 Å². The van der Waals surface area contributed by atoms with Crippen molar-refractivity contribution < 1.29 is 27.5 Å². The van der Waals surface area contributed by atoms with Crippen LogP contribution in [0.5, 0.6) is 0 Å². The van der Waals surface area contributed by atoms with Crippen LogP contribution in [0.2, 0.25) is 0 Å². The van der Waals surface area contributed by atoms with Crippen molar-refractivity contribution in [2.75, 3.05) is 4.90 Å². The summed E-state index contributed by atoms with van der Waals surface area (Å²) < 4.78 is 36.1. The van der Waals surface area contributed by atoms with Gasteiger partial charge in [0.1, 0.15) is 5.82 Å². The molecule has 3 rings (SSSR count). The summed E-state index contributed by atoms with van der Waals surface area (Å²) in [6.45, 7) is 1.21. The summed E-state index contributed by atoms with van der Waals surface area (Å²) in [6, 6.07) is 9.28. The number of carbonyl (C=O) groups excluding carboxylic acids is 2. The number of carbonyl (C=O) groups is 2. The highest BCUT2D eigenvalue weighted by atomic mass is 32.2. The van der Waals surface area contributed by atoms with Gasteiger partial charge in [-0.15, -0.1) is 0 Å². The molecular weight excluding hydrogens is 375 g/mol. The first-order valence-electron chi connectivity index (χ1n) is 7.77. The van der Waals surface area contributed by atoms with Crippen molar-refractivity contribution in [1.82, 2.24) is 0 Å². The molecule has 7 nitrogen and oxygen atoms in total. The molecule has 2 aromatic carbocycles. The Balaban J connectivity index is 2.14. The Morgan fingerprint density at radius 2 is 1.67 bits per heavy atom. The van der Waals surface area contributed by atoms with Crippen LogP contribution >= 0.6 is 0 Å². The van der Waals surface area contributed by atoms with Crippen molar-refractivity contribution in [3.8, 4) is 0 Å². The molecule has 0 aromatic heterocycles. The quantitative estimate of drug-likeness (QED) is 0.827. The molecule has 140 valence electrons. The molecule has 2 aromatic rings. The Hall–Kier alpha value is -3.04. The normalized spacial score (nSPS) is 17.5. The van der Waals surface area contributed by atoms with E-state index in [1.165, 1.54) is 55.5 Å². The van der Waals surface area contributed by atoms with Crippen LogP contribution in [0, 0.1) is 5.82 Å². The minimum atomic E-state index is -3.92. The second-order valence-corrected chi connectivity index (χ2v) is 7.55. The van der Waals surface area contributed by atoms with Gasteiger partial charge < -0.3 is 5.11 Å². The molecule has 1 unspecified atom stereocenters. The van der Waals surface area contributed by atoms with Crippen LogP contribution < -0.4 is 10.0 Å². The number of primary sulfonamides is 1. The lowest BCUT2D eigenvalue weighted by Gasteiger charge is -2.26. The summed E-state index contributed by atoms with van der Waals surface area (Å²) in [6.07, 6.45) is 0. The predicted octanol–water partition coefficient (Wildman–Crippen LogP) is 1.96. The molecule has 0 saturated heterocycles. The summed E-state index contributed by atoms with van der Waals surface area (Å²) in [5, 5.41) is 15.3. The maximum absolute atomic E-state index is 13.3. The minimum absolute atomic E-state index is 0.123. The number of aliphatic hydroxyl groups excluding tert-OH is 1. The van der Waals surface area contributed by atoms with Gasteiger partial charge in [0.15, 0.2) is 11.5 Å². The van der Waals surface area contributed by atoms with E-state index in [4.69, 9.17) is 5.14 Å². The van der Waals surface area contributed by atoms with Gasteiger partial charge in [0.2, 0.25) is 10.0 Å². The van der Waals surface area contributed by atoms with Crippen LogP contribution in [0.1, 0.15) is 18.5 Å². The molecule has 0 aliphatic carbocycles. The second-order valence-electron chi connectivity index (χ2n) is 5.99. The Labute approximate surface area is 154 Å². The van der Waals surface area contributed by atoms with E-state index in [1.54, 1.807) is 0 Å². The number of nitrogens with zero attached hydrogens (tertiary/aromatic N) is 1. The number of benzene rings is 2. The van der Waals surface area contributed by atoms with Crippen molar-refractivity contribution in [2.45, 2.75) is 17.9 Å². The molecular formula is C18H15FN2O5S. The van der Waals surface area contributed by atoms with E-state index in [9.17, 15) is 27.5 Å². The average molecular weight is 390 g/mol. The molecule has 1 aliphatic rings. The van der Waals surface area contributed by atoms with Gasteiger partial charge in [0, 0.05) is 5.69 Å². The molecule has 1 aliphatic heterocycles. The third kappa shape index (κ3) is 3.34. The largest absolute Gasteiger partial charge is 0.503 e. The van der Waals surface area contributed by atoms with Crippen molar-refractivity contribution in [2.24, 2.45) is 5.14 Å². The molecule has 1 heterocycles. The highest BCUT2D eigenvalue weighted by molar-refractivity contribution is 7.89. The van der Waals surface area contributed by atoms with E-state index in [-0.39, 0.29) is 16.2 Å². The van der Waals surface area contributed by atoms with Gasteiger partial charge in [-0.05, 0) is 48.9 Å². The third-order valence-electron chi connectivity index (χ3n) is 4.22. The lowest BCUT2D eigenvalue weighted by atomic mass is 9.96. The van der Waals surface area contributed by atoms with Crippen LogP contribution in [0.3, 0.4) is 0 Å². The number of Topliss-reactive ketones (excluding diaryl/α,β-unsaturated/α-hetero) is 1. The number of sulfonamides is 1. The first-order chi connectivity index (χ1) is 12.6. The van der Waals surface area contributed by atoms with Crippen molar-refractivity contribution >= 4 is 27.4 Å². The van der Waals surface area contributed by atoms with Crippen LogP contribution in [0.25, 0.3) is 0 Å².